The van der Waals surface area contributed by atoms with Gasteiger partial charge in [-0.15, -0.1) is 0 Å². The zero-order valence-corrected chi connectivity index (χ0v) is 16.0. The van der Waals surface area contributed by atoms with Crippen LogP contribution in [0.25, 0.3) is 5.69 Å². The Bertz CT molecular complexity index is 767. The van der Waals surface area contributed by atoms with E-state index in [0.29, 0.717) is 5.56 Å². The minimum absolute atomic E-state index is 0.0692. The quantitative estimate of drug-likeness (QED) is 0.705. The molecule has 27 heavy (non-hydrogen) atoms. The van der Waals surface area contributed by atoms with Crippen molar-refractivity contribution in [2.45, 2.75) is 38.6 Å². The second-order valence-electron chi connectivity index (χ2n) is 7.54. The molecule has 0 N–H and O–H groups in total. The second-order valence-corrected chi connectivity index (χ2v) is 7.54. The van der Waals surface area contributed by atoms with Crippen LogP contribution in [-0.4, -0.2) is 64.3 Å². The fraction of sp³-hybridized carbons (Fsp3) is 0.524. The number of carbonyl (C=O) groups is 1. The molecule has 0 spiro atoms. The summed E-state index contributed by atoms with van der Waals surface area (Å²) in [6, 6.07) is 8.60. The maximum atomic E-state index is 12.2. The third-order valence-corrected chi connectivity index (χ3v) is 5.62. The lowest BCUT2D eigenvalue weighted by atomic mass is 10.2. The van der Waals surface area contributed by atoms with Crippen molar-refractivity contribution in [1.82, 2.24) is 19.6 Å². The highest BCUT2D eigenvalue weighted by Gasteiger charge is 2.22. The van der Waals surface area contributed by atoms with E-state index in [-0.39, 0.29) is 5.91 Å². The van der Waals surface area contributed by atoms with Gasteiger partial charge in [-0.05, 0) is 63.4 Å². The molecular formula is C21H28N4O2. The number of nitrogens with zero attached hydrogens (tertiary/aromatic N) is 4. The maximum Gasteiger partial charge on any atom is 0.257 e. The molecule has 1 aromatic heterocycles. The molecule has 1 amide bonds. The smallest absolute Gasteiger partial charge is 0.257 e. The predicted octanol–water partition coefficient (Wildman–Crippen LogP) is 2.97. The van der Waals surface area contributed by atoms with Crippen LogP contribution in [0.2, 0.25) is 0 Å². The van der Waals surface area contributed by atoms with Gasteiger partial charge in [-0.1, -0.05) is 0 Å². The van der Waals surface area contributed by atoms with Crippen LogP contribution >= 0.6 is 0 Å². The van der Waals surface area contributed by atoms with Crippen LogP contribution in [0.4, 0.5) is 0 Å². The van der Waals surface area contributed by atoms with E-state index in [2.05, 4.69) is 16.9 Å². The summed E-state index contributed by atoms with van der Waals surface area (Å²) in [6.45, 7) is 7.09. The van der Waals surface area contributed by atoms with Crippen molar-refractivity contribution in [2.24, 2.45) is 0 Å². The highest BCUT2D eigenvalue weighted by molar-refractivity contribution is 5.94. The van der Waals surface area contributed by atoms with Gasteiger partial charge in [0.25, 0.3) is 5.91 Å². The van der Waals surface area contributed by atoms with Gasteiger partial charge in [-0.2, -0.15) is 5.10 Å². The highest BCUT2D eigenvalue weighted by atomic mass is 16.5. The lowest BCUT2D eigenvalue weighted by Crippen LogP contribution is -2.41. The first-order chi connectivity index (χ1) is 13.2. The van der Waals surface area contributed by atoms with Gasteiger partial charge in [0.2, 0.25) is 0 Å². The number of likely N-dealkylation sites (tertiary alicyclic amines) is 2. The van der Waals surface area contributed by atoms with Crippen LogP contribution in [0.3, 0.4) is 0 Å². The molecule has 2 aliphatic rings. The van der Waals surface area contributed by atoms with Gasteiger partial charge in [-0.3, -0.25) is 4.79 Å². The third kappa shape index (κ3) is 4.16. The Balaban J connectivity index is 1.27. The molecule has 0 radical (unpaired) electrons. The summed E-state index contributed by atoms with van der Waals surface area (Å²) >= 11 is 0. The van der Waals surface area contributed by atoms with E-state index in [4.69, 9.17) is 4.74 Å². The van der Waals surface area contributed by atoms with Crippen molar-refractivity contribution in [3.05, 3.63) is 42.2 Å². The predicted molar refractivity (Wildman–Crippen MR) is 104 cm³/mol. The third-order valence-electron chi connectivity index (χ3n) is 5.62. The number of carbonyl (C=O) groups excluding carboxylic acids is 1. The Morgan fingerprint density at radius 2 is 2.00 bits per heavy atom. The van der Waals surface area contributed by atoms with E-state index in [1.165, 1.54) is 19.4 Å². The van der Waals surface area contributed by atoms with Gasteiger partial charge in [0, 0.05) is 31.9 Å². The standard InChI is InChI=1S/C21H28N4O2/c1-17-5-2-10-23(17)13-4-14-27-20-8-6-19(7-9-20)25-16-18(15-22-25)21(26)24-11-3-12-24/h6-9,15-17H,2-5,10-14H2,1H3. The van der Waals surface area contributed by atoms with Gasteiger partial charge in [0.05, 0.1) is 24.1 Å². The summed E-state index contributed by atoms with van der Waals surface area (Å²) in [4.78, 5) is 16.6. The van der Waals surface area contributed by atoms with Crippen LogP contribution in [0.15, 0.2) is 36.7 Å². The monoisotopic (exact) mass is 368 g/mol. The number of hydrogen-bond acceptors (Lipinski definition) is 4. The number of rotatable bonds is 7. The van der Waals surface area contributed by atoms with E-state index in [1.807, 2.05) is 29.2 Å². The number of hydrogen-bond donors (Lipinski definition) is 0. The van der Waals surface area contributed by atoms with E-state index < -0.39 is 0 Å². The van der Waals surface area contributed by atoms with Gasteiger partial charge in [0.1, 0.15) is 5.75 Å². The largest absolute Gasteiger partial charge is 0.494 e. The summed E-state index contributed by atoms with van der Waals surface area (Å²) in [5.74, 6) is 0.942. The number of benzene rings is 1. The molecule has 1 aromatic carbocycles. The molecule has 3 heterocycles. The molecule has 4 rings (SSSR count). The average Bonchev–Trinajstić information content (AvgIpc) is 3.27. The molecule has 6 nitrogen and oxygen atoms in total. The van der Waals surface area contributed by atoms with E-state index in [1.54, 1.807) is 17.1 Å². The summed E-state index contributed by atoms with van der Waals surface area (Å²) in [6.07, 6.45) is 8.23. The fourth-order valence-electron chi connectivity index (χ4n) is 3.75. The van der Waals surface area contributed by atoms with E-state index >= 15 is 0 Å². The molecule has 0 bridgehead atoms. The molecule has 1 atom stereocenters. The molecule has 6 heteroatoms. The van der Waals surface area contributed by atoms with E-state index in [0.717, 1.165) is 56.6 Å². The summed E-state index contributed by atoms with van der Waals surface area (Å²) in [5.41, 5.74) is 1.57. The Labute approximate surface area is 160 Å². The van der Waals surface area contributed by atoms with Crippen LogP contribution in [0, 0.1) is 0 Å². The molecule has 2 aromatic rings. The summed E-state index contributed by atoms with van der Waals surface area (Å²) in [7, 11) is 0. The van der Waals surface area contributed by atoms with Crippen LogP contribution in [0.5, 0.6) is 5.75 Å². The molecule has 0 saturated carbocycles. The van der Waals surface area contributed by atoms with Crippen LogP contribution in [-0.2, 0) is 0 Å². The summed E-state index contributed by atoms with van der Waals surface area (Å²) in [5, 5.41) is 4.33. The van der Waals surface area contributed by atoms with Crippen LogP contribution in [0.1, 0.15) is 43.0 Å². The van der Waals surface area contributed by atoms with Crippen molar-refractivity contribution in [2.75, 3.05) is 32.8 Å². The molecule has 0 aliphatic carbocycles. The van der Waals surface area contributed by atoms with Crippen molar-refractivity contribution in [1.29, 1.82) is 0 Å². The first-order valence-corrected chi connectivity index (χ1v) is 10.0. The van der Waals surface area contributed by atoms with Gasteiger partial charge in [0.15, 0.2) is 0 Å². The van der Waals surface area contributed by atoms with Crippen LogP contribution < -0.4 is 4.74 Å². The first-order valence-electron chi connectivity index (χ1n) is 10.0. The molecule has 2 saturated heterocycles. The molecule has 2 fully saturated rings. The first kappa shape index (κ1) is 18.0. The van der Waals surface area contributed by atoms with Crippen molar-refractivity contribution in [3.8, 4) is 11.4 Å². The molecular weight excluding hydrogens is 340 g/mol. The maximum absolute atomic E-state index is 12.2. The Morgan fingerprint density at radius 1 is 1.19 bits per heavy atom. The minimum atomic E-state index is 0.0692. The number of amides is 1. The zero-order chi connectivity index (χ0) is 18.6. The summed E-state index contributed by atoms with van der Waals surface area (Å²) < 4.78 is 7.61. The Hall–Kier alpha value is -2.34. The van der Waals surface area contributed by atoms with E-state index in [9.17, 15) is 4.79 Å². The molecule has 2 aliphatic heterocycles. The average molecular weight is 368 g/mol. The van der Waals surface area contributed by atoms with Gasteiger partial charge >= 0.3 is 0 Å². The highest BCUT2D eigenvalue weighted by Crippen LogP contribution is 2.19. The van der Waals surface area contributed by atoms with Crippen molar-refractivity contribution >= 4 is 5.91 Å². The number of aromatic nitrogens is 2. The Morgan fingerprint density at radius 3 is 2.67 bits per heavy atom. The topological polar surface area (TPSA) is 50.6 Å². The van der Waals surface area contributed by atoms with Crippen molar-refractivity contribution < 1.29 is 9.53 Å². The minimum Gasteiger partial charge on any atom is -0.494 e. The molecule has 1 unspecified atom stereocenters. The van der Waals surface area contributed by atoms with Gasteiger partial charge < -0.3 is 14.5 Å². The molecule has 144 valence electrons. The fourth-order valence-corrected chi connectivity index (χ4v) is 3.75. The number of ether oxygens (including phenoxy) is 1. The Kier molecular flexibility index (Phi) is 5.43. The normalized spacial score (nSPS) is 19.9. The van der Waals surface area contributed by atoms with Crippen molar-refractivity contribution in [3.63, 3.8) is 0 Å². The lowest BCUT2D eigenvalue weighted by Gasteiger charge is -2.30. The SMILES string of the molecule is CC1CCCN1CCCOc1ccc(-n2cc(C(=O)N3CCC3)cn2)cc1. The zero-order valence-electron chi connectivity index (χ0n) is 16.0. The second kappa shape index (κ2) is 8.13. The van der Waals surface area contributed by atoms with Gasteiger partial charge in [-0.25, -0.2) is 4.68 Å². The lowest BCUT2D eigenvalue weighted by molar-refractivity contribution is 0.0652.